The summed E-state index contributed by atoms with van der Waals surface area (Å²) in [4.78, 5) is 0. The Morgan fingerprint density at radius 1 is 1.37 bits per heavy atom. The molecule has 1 atom stereocenters. The minimum absolute atomic E-state index is 0.0906. The molecule has 19 heavy (non-hydrogen) atoms. The second kappa shape index (κ2) is 6.46. The first-order chi connectivity index (χ1) is 9.13. The Morgan fingerprint density at radius 2 is 2.16 bits per heavy atom. The van der Waals surface area contributed by atoms with Crippen LogP contribution in [0.25, 0.3) is 0 Å². The lowest BCUT2D eigenvalue weighted by Gasteiger charge is -2.14. The summed E-state index contributed by atoms with van der Waals surface area (Å²) < 4.78 is 11.6. The molecule has 2 rings (SSSR count). The van der Waals surface area contributed by atoms with E-state index in [9.17, 15) is 0 Å². The predicted octanol–water partition coefficient (Wildman–Crippen LogP) is 4.21. The Kier molecular flexibility index (Phi) is 4.91. The Bertz CT molecular complexity index is 556. The van der Waals surface area contributed by atoms with Crippen molar-refractivity contribution in [3.05, 3.63) is 51.3 Å². The lowest BCUT2D eigenvalue weighted by molar-refractivity contribution is 0.411. The van der Waals surface area contributed by atoms with Gasteiger partial charge in [0, 0.05) is 0 Å². The number of likely N-dealkylation sites (N-methyl/N-ethyl adjacent to an activating group) is 1. The summed E-state index contributed by atoms with van der Waals surface area (Å²) in [7, 11) is 3.56. The van der Waals surface area contributed by atoms with Crippen LogP contribution in [0.3, 0.4) is 0 Å². The average Bonchev–Trinajstić information content (AvgIpc) is 2.82. The molecule has 5 heteroatoms. The van der Waals surface area contributed by atoms with Gasteiger partial charge in [-0.1, -0.05) is 6.07 Å². The molecular formula is C14H15BrClNO2. The minimum Gasteiger partial charge on any atom is -0.496 e. The van der Waals surface area contributed by atoms with Crippen molar-refractivity contribution in [2.45, 2.75) is 12.5 Å². The topological polar surface area (TPSA) is 34.4 Å². The standard InChI is InChI=1S/C14H15BrClNO2/c1-17-11(13-5-6-14(16)19-13)8-9-3-4-12(18-2)10(15)7-9/h3-7,11,17H,8H2,1-2H3. The number of methoxy groups -OCH3 is 1. The summed E-state index contributed by atoms with van der Waals surface area (Å²) in [6.07, 6.45) is 0.808. The Morgan fingerprint density at radius 3 is 2.68 bits per heavy atom. The molecule has 102 valence electrons. The van der Waals surface area contributed by atoms with Gasteiger partial charge in [-0.3, -0.25) is 0 Å². The van der Waals surface area contributed by atoms with Crippen molar-refractivity contribution >= 4 is 27.5 Å². The van der Waals surface area contributed by atoms with Crippen molar-refractivity contribution in [3.63, 3.8) is 0 Å². The van der Waals surface area contributed by atoms with Gasteiger partial charge in [0.05, 0.1) is 17.6 Å². The maximum atomic E-state index is 5.81. The first kappa shape index (κ1) is 14.4. The summed E-state index contributed by atoms with van der Waals surface area (Å²) in [6.45, 7) is 0. The monoisotopic (exact) mass is 343 g/mol. The lowest BCUT2D eigenvalue weighted by Crippen LogP contribution is -2.18. The minimum atomic E-state index is 0.0906. The summed E-state index contributed by atoms with van der Waals surface area (Å²) in [5, 5.41) is 3.64. The molecule has 0 aliphatic heterocycles. The first-order valence-electron chi connectivity index (χ1n) is 5.89. The van der Waals surface area contributed by atoms with E-state index in [4.69, 9.17) is 20.8 Å². The highest BCUT2D eigenvalue weighted by Crippen LogP contribution is 2.28. The molecule has 1 aromatic heterocycles. The number of furan rings is 1. The van der Waals surface area contributed by atoms with Gasteiger partial charge in [-0.05, 0) is 70.8 Å². The molecule has 0 aliphatic carbocycles. The molecule has 0 radical (unpaired) electrons. The Balaban J connectivity index is 2.16. The van der Waals surface area contributed by atoms with Crippen LogP contribution in [0.5, 0.6) is 5.75 Å². The second-order valence-electron chi connectivity index (χ2n) is 4.16. The maximum Gasteiger partial charge on any atom is 0.193 e. The van der Waals surface area contributed by atoms with Crippen LogP contribution in [0, 0.1) is 0 Å². The van der Waals surface area contributed by atoms with Gasteiger partial charge in [-0.15, -0.1) is 0 Å². The number of hydrogen-bond acceptors (Lipinski definition) is 3. The van der Waals surface area contributed by atoms with Gasteiger partial charge in [0.1, 0.15) is 11.5 Å². The number of benzene rings is 1. The van der Waals surface area contributed by atoms with E-state index in [-0.39, 0.29) is 6.04 Å². The van der Waals surface area contributed by atoms with Crippen LogP contribution in [0.2, 0.25) is 5.22 Å². The highest BCUT2D eigenvalue weighted by molar-refractivity contribution is 9.10. The molecule has 0 saturated carbocycles. The van der Waals surface area contributed by atoms with E-state index in [2.05, 4.69) is 21.2 Å². The highest BCUT2D eigenvalue weighted by Gasteiger charge is 2.15. The highest BCUT2D eigenvalue weighted by atomic mass is 79.9. The van der Waals surface area contributed by atoms with Gasteiger partial charge >= 0.3 is 0 Å². The SMILES string of the molecule is CNC(Cc1ccc(OC)c(Br)c1)c1ccc(Cl)o1. The van der Waals surface area contributed by atoms with Crippen LogP contribution in [0.15, 0.2) is 39.2 Å². The Labute approximate surface area is 126 Å². The van der Waals surface area contributed by atoms with Crippen LogP contribution < -0.4 is 10.1 Å². The van der Waals surface area contributed by atoms with Crippen molar-refractivity contribution in [1.29, 1.82) is 0 Å². The van der Waals surface area contributed by atoms with Crippen LogP contribution in [-0.4, -0.2) is 14.2 Å². The van der Waals surface area contributed by atoms with Crippen LogP contribution in [0.1, 0.15) is 17.4 Å². The molecule has 0 spiro atoms. The predicted molar refractivity (Wildman–Crippen MR) is 79.9 cm³/mol. The fraction of sp³-hybridized carbons (Fsp3) is 0.286. The third-order valence-corrected chi connectivity index (χ3v) is 3.76. The molecule has 0 aliphatic rings. The largest absolute Gasteiger partial charge is 0.496 e. The van der Waals surface area contributed by atoms with E-state index in [0.717, 1.165) is 22.4 Å². The zero-order valence-corrected chi connectivity index (χ0v) is 13.1. The third-order valence-electron chi connectivity index (χ3n) is 2.94. The van der Waals surface area contributed by atoms with E-state index in [0.29, 0.717) is 5.22 Å². The normalized spacial score (nSPS) is 12.4. The quantitative estimate of drug-likeness (QED) is 0.882. The molecule has 1 aromatic carbocycles. The number of ether oxygens (including phenoxy) is 1. The molecule has 1 heterocycles. The smallest absolute Gasteiger partial charge is 0.193 e. The summed E-state index contributed by atoms with van der Waals surface area (Å²) in [5.74, 6) is 1.66. The van der Waals surface area contributed by atoms with Crippen molar-refractivity contribution in [3.8, 4) is 5.75 Å². The zero-order chi connectivity index (χ0) is 13.8. The number of hydrogen-bond donors (Lipinski definition) is 1. The zero-order valence-electron chi connectivity index (χ0n) is 10.7. The molecular weight excluding hydrogens is 330 g/mol. The molecule has 3 nitrogen and oxygen atoms in total. The van der Waals surface area contributed by atoms with Crippen molar-refractivity contribution < 1.29 is 9.15 Å². The molecule has 1 unspecified atom stereocenters. The molecule has 0 saturated heterocycles. The molecule has 0 bridgehead atoms. The van der Waals surface area contributed by atoms with E-state index in [1.165, 1.54) is 5.56 Å². The van der Waals surface area contributed by atoms with Gasteiger partial charge < -0.3 is 14.5 Å². The molecule has 0 amide bonds. The Hall–Kier alpha value is -0.970. The van der Waals surface area contributed by atoms with E-state index in [1.807, 2.05) is 31.3 Å². The van der Waals surface area contributed by atoms with Gasteiger partial charge in [0.15, 0.2) is 5.22 Å². The summed E-state index contributed by atoms with van der Waals surface area (Å²) >= 11 is 9.30. The summed E-state index contributed by atoms with van der Waals surface area (Å²) in [5.41, 5.74) is 1.18. The second-order valence-corrected chi connectivity index (χ2v) is 5.38. The molecule has 1 N–H and O–H groups in total. The maximum absolute atomic E-state index is 5.81. The van der Waals surface area contributed by atoms with E-state index in [1.54, 1.807) is 13.2 Å². The van der Waals surface area contributed by atoms with E-state index >= 15 is 0 Å². The molecule has 2 aromatic rings. The van der Waals surface area contributed by atoms with Crippen LogP contribution >= 0.6 is 27.5 Å². The van der Waals surface area contributed by atoms with E-state index < -0.39 is 0 Å². The van der Waals surface area contributed by atoms with Gasteiger partial charge in [-0.25, -0.2) is 0 Å². The third kappa shape index (κ3) is 3.53. The molecule has 0 fully saturated rings. The van der Waals surface area contributed by atoms with Gasteiger partial charge in [0.25, 0.3) is 0 Å². The number of rotatable bonds is 5. The first-order valence-corrected chi connectivity index (χ1v) is 7.06. The number of halogens is 2. The van der Waals surface area contributed by atoms with Gasteiger partial charge in [0.2, 0.25) is 0 Å². The van der Waals surface area contributed by atoms with Crippen molar-refractivity contribution in [2.24, 2.45) is 0 Å². The van der Waals surface area contributed by atoms with Crippen LogP contribution in [0.4, 0.5) is 0 Å². The lowest BCUT2D eigenvalue weighted by atomic mass is 10.0. The fourth-order valence-electron chi connectivity index (χ4n) is 1.93. The fourth-order valence-corrected chi connectivity index (χ4v) is 2.67. The van der Waals surface area contributed by atoms with Crippen molar-refractivity contribution in [1.82, 2.24) is 5.32 Å². The average molecular weight is 345 g/mol. The summed E-state index contributed by atoms with van der Waals surface area (Å²) in [6, 6.07) is 9.77. The number of nitrogens with one attached hydrogen (secondary N) is 1. The van der Waals surface area contributed by atoms with Crippen LogP contribution in [-0.2, 0) is 6.42 Å². The van der Waals surface area contributed by atoms with Gasteiger partial charge in [-0.2, -0.15) is 0 Å². The van der Waals surface area contributed by atoms with Crippen molar-refractivity contribution in [2.75, 3.05) is 14.2 Å².